The van der Waals surface area contributed by atoms with Gasteiger partial charge < -0.3 is 15.0 Å². The SMILES string of the molecule is COc1ccc(CN(C(=O)Cc2ccccc2)C(C)C(=O)NC2CCCCC2)cc1. The first-order valence-electron chi connectivity index (χ1n) is 10.8. The minimum absolute atomic E-state index is 0.0525. The van der Waals surface area contributed by atoms with Crippen LogP contribution in [0.15, 0.2) is 54.6 Å². The Morgan fingerprint density at radius 3 is 2.30 bits per heavy atom. The second-order valence-corrected chi connectivity index (χ2v) is 8.05. The fourth-order valence-electron chi connectivity index (χ4n) is 3.95. The number of ether oxygens (including phenoxy) is 1. The van der Waals surface area contributed by atoms with Crippen molar-refractivity contribution in [1.29, 1.82) is 0 Å². The van der Waals surface area contributed by atoms with Crippen LogP contribution >= 0.6 is 0 Å². The summed E-state index contributed by atoms with van der Waals surface area (Å²) in [6.45, 7) is 2.21. The van der Waals surface area contributed by atoms with E-state index in [4.69, 9.17) is 4.74 Å². The Bertz CT molecular complexity index is 814. The highest BCUT2D eigenvalue weighted by Crippen LogP contribution is 2.19. The Labute approximate surface area is 179 Å². The third kappa shape index (κ3) is 6.09. The smallest absolute Gasteiger partial charge is 0.242 e. The zero-order chi connectivity index (χ0) is 21.3. The summed E-state index contributed by atoms with van der Waals surface area (Å²) in [6, 6.07) is 17.0. The number of nitrogens with one attached hydrogen (secondary N) is 1. The topological polar surface area (TPSA) is 58.6 Å². The molecule has 0 aliphatic heterocycles. The molecule has 0 spiro atoms. The number of hydrogen-bond donors (Lipinski definition) is 1. The summed E-state index contributed by atoms with van der Waals surface area (Å²) >= 11 is 0. The van der Waals surface area contributed by atoms with Crippen LogP contribution in [0, 0.1) is 0 Å². The van der Waals surface area contributed by atoms with Gasteiger partial charge in [-0.25, -0.2) is 0 Å². The van der Waals surface area contributed by atoms with Gasteiger partial charge in [0.1, 0.15) is 11.8 Å². The highest BCUT2D eigenvalue weighted by atomic mass is 16.5. The number of nitrogens with zero attached hydrogens (tertiary/aromatic N) is 1. The Balaban J connectivity index is 1.74. The van der Waals surface area contributed by atoms with E-state index in [0.29, 0.717) is 6.54 Å². The van der Waals surface area contributed by atoms with Gasteiger partial charge in [-0.1, -0.05) is 61.7 Å². The van der Waals surface area contributed by atoms with Crippen LogP contribution in [0.5, 0.6) is 5.75 Å². The predicted molar refractivity (Wildman–Crippen MR) is 118 cm³/mol. The molecule has 1 aliphatic rings. The molecule has 1 saturated carbocycles. The molecule has 1 N–H and O–H groups in total. The molecule has 0 bridgehead atoms. The number of methoxy groups -OCH3 is 1. The maximum atomic E-state index is 13.2. The first-order valence-corrected chi connectivity index (χ1v) is 10.8. The maximum absolute atomic E-state index is 13.2. The van der Waals surface area contributed by atoms with Gasteiger partial charge in [0, 0.05) is 12.6 Å². The Hall–Kier alpha value is -2.82. The maximum Gasteiger partial charge on any atom is 0.242 e. The van der Waals surface area contributed by atoms with Crippen LogP contribution in [0.2, 0.25) is 0 Å². The van der Waals surface area contributed by atoms with E-state index in [-0.39, 0.29) is 24.3 Å². The van der Waals surface area contributed by atoms with Crippen LogP contribution < -0.4 is 10.1 Å². The van der Waals surface area contributed by atoms with Crippen LogP contribution in [-0.2, 0) is 22.6 Å². The second kappa shape index (κ2) is 10.8. The van der Waals surface area contributed by atoms with Crippen LogP contribution in [0.1, 0.15) is 50.2 Å². The molecule has 3 rings (SSSR count). The molecule has 0 saturated heterocycles. The average molecular weight is 409 g/mol. The average Bonchev–Trinajstić information content (AvgIpc) is 2.78. The Kier molecular flexibility index (Phi) is 7.89. The van der Waals surface area contributed by atoms with Crippen LogP contribution in [0.25, 0.3) is 0 Å². The molecule has 2 aromatic carbocycles. The van der Waals surface area contributed by atoms with Crippen molar-refractivity contribution in [2.75, 3.05) is 7.11 Å². The predicted octanol–water partition coefficient (Wildman–Crippen LogP) is 4.10. The summed E-state index contributed by atoms with van der Waals surface area (Å²) in [4.78, 5) is 27.9. The molecule has 0 aromatic heterocycles. The molecular formula is C25H32N2O3. The molecule has 2 amide bonds. The van der Waals surface area contributed by atoms with Crippen LogP contribution in [0.3, 0.4) is 0 Å². The molecule has 1 aliphatic carbocycles. The lowest BCUT2D eigenvalue weighted by molar-refractivity contribution is -0.140. The Morgan fingerprint density at radius 2 is 1.67 bits per heavy atom. The summed E-state index contributed by atoms with van der Waals surface area (Å²) in [5, 5.41) is 3.17. The number of rotatable bonds is 8. The van der Waals surface area contributed by atoms with E-state index >= 15 is 0 Å². The molecule has 1 fully saturated rings. The highest BCUT2D eigenvalue weighted by Gasteiger charge is 2.28. The summed E-state index contributed by atoms with van der Waals surface area (Å²) in [5.41, 5.74) is 1.91. The number of hydrogen-bond acceptors (Lipinski definition) is 3. The van der Waals surface area contributed by atoms with E-state index in [9.17, 15) is 9.59 Å². The van der Waals surface area contributed by atoms with Gasteiger partial charge >= 0.3 is 0 Å². The monoisotopic (exact) mass is 408 g/mol. The largest absolute Gasteiger partial charge is 0.497 e. The van der Waals surface area contributed by atoms with Gasteiger partial charge in [-0.05, 0) is 43.0 Å². The van der Waals surface area contributed by atoms with Crippen LogP contribution in [-0.4, -0.2) is 35.9 Å². The van der Waals surface area contributed by atoms with Crippen molar-refractivity contribution in [1.82, 2.24) is 10.2 Å². The first kappa shape index (κ1) is 21.9. The molecule has 2 aromatic rings. The third-order valence-corrected chi connectivity index (χ3v) is 5.83. The van der Waals surface area contributed by atoms with E-state index in [0.717, 1.165) is 42.6 Å². The minimum atomic E-state index is -0.537. The molecule has 30 heavy (non-hydrogen) atoms. The third-order valence-electron chi connectivity index (χ3n) is 5.83. The number of carbonyl (C=O) groups excluding carboxylic acids is 2. The van der Waals surface area contributed by atoms with Gasteiger partial charge in [-0.2, -0.15) is 0 Å². The van der Waals surface area contributed by atoms with E-state index in [1.54, 1.807) is 12.0 Å². The van der Waals surface area contributed by atoms with E-state index in [1.165, 1.54) is 6.42 Å². The minimum Gasteiger partial charge on any atom is -0.497 e. The zero-order valence-corrected chi connectivity index (χ0v) is 18.0. The Morgan fingerprint density at radius 1 is 1.00 bits per heavy atom. The summed E-state index contributed by atoms with van der Waals surface area (Å²) in [6.07, 6.45) is 5.87. The van der Waals surface area contributed by atoms with Crippen molar-refractivity contribution >= 4 is 11.8 Å². The quantitative estimate of drug-likeness (QED) is 0.715. The van der Waals surface area contributed by atoms with Gasteiger partial charge in [-0.15, -0.1) is 0 Å². The van der Waals surface area contributed by atoms with Crippen molar-refractivity contribution in [3.05, 3.63) is 65.7 Å². The second-order valence-electron chi connectivity index (χ2n) is 8.05. The summed E-state index contributed by atoms with van der Waals surface area (Å²) in [7, 11) is 1.63. The number of carbonyl (C=O) groups is 2. The van der Waals surface area contributed by atoms with Gasteiger partial charge in [0.05, 0.1) is 13.5 Å². The number of amides is 2. The van der Waals surface area contributed by atoms with Crippen molar-refractivity contribution in [3.8, 4) is 5.75 Å². The van der Waals surface area contributed by atoms with Crippen LogP contribution in [0.4, 0.5) is 0 Å². The van der Waals surface area contributed by atoms with Crippen molar-refractivity contribution in [3.63, 3.8) is 0 Å². The summed E-state index contributed by atoms with van der Waals surface area (Å²) < 4.78 is 5.23. The van der Waals surface area contributed by atoms with E-state index < -0.39 is 6.04 Å². The van der Waals surface area contributed by atoms with Gasteiger partial charge in [0.15, 0.2) is 0 Å². The standard InChI is InChI=1S/C25H32N2O3/c1-19(25(29)26-22-11-7-4-8-12-22)27(18-21-13-15-23(30-2)16-14-21)24(28)17-20-9-5-3-6-10-20/h3,5-6,9-10,13-16,19,22H,4,7-8,11-12,17-18H2,1-2H3,(H,26,29). The fourth-order valence-corrected chi connectivity index (χ4v) is 3.95. The van der Waals surface area contributed by atoms with Gasteiger partial charge in [0.25, 0.3) is 0 Å². The van der Waals surface area contributed by atoms with Gasteiger partial charge in [0.2, 0.25) is 11.8 Å². The van der Waals surface area contributed by atoms with Gasteiger partial charge in [-0.3, -0.25) is 9.59 Å². The van der Waals surface area contributed by atoms with Crippen molar-refractivity contribution < 1.29 is 14.3 Å². The van der Waals surface area contributed by atoms with Crippen molar-refractivity contribution in [2.45, 2.75) is 64.1 Å². The molecule has 160 valence electrons. The first-order chi connectivity index (χ1) is 14.6. The lowest BCUT2D eigenvalue weighted by Crippen LogP contribution is -2.50. The van der Waals surface area contributed by atoms with E-state index in [1.807, 2.05) is 61.5 Å². The summed E-state index contributed by atoms with van der Waals surface area (Å²) in [5.74, 6) is 0.643. The molecule has 1 atom stereocenters. The molecule has 1 unspecified atom stereocenters. The van der Waals surface area contributed by atoms with E-state index in [2.05, 4.69) is 5.32 Å². The molecule has 5 heteroatoms. The molecule has 0 heterocycles. The molecule has 5 nitrogen and oxygen atoms in total. The van der Waals surface area contributed by atoms with Crippen molar-refractivity contribution in [2.24, 2.45) is 0 Å². The zero-order valence-electron chi connectivity index (χ0n) is 18.0. The lowest BCUT2D eigenvalue weighted by atomic mass is 9.95. The highest BCUT2D eigenvalue weighted by molar-refractivity contribution is 5.88. The molecule has 0 radical (unpaired) electrons. The lowest BCUT2D eigenvalue weighted by Gasteiger charge is -2.31. The fraction of sp³-hybridized carbons (Fsp3) is 0.440. The normalized spacial score (nSPS) is 15.3. The molecular weight excluding hydrogens is 376 g/mol. The number of benzene rings is 2.